The predicted molar refractivity (Wildman–Crippen MR) is 54.8 cm³/mol. The van der Waals surface area contributed by atoms with Crippen LogP contribution >= 0.6 is 11.3 Å². The molecule has 0 aliphatic carbocycles. The Bertz CT molecular complexity index is 274. The van der Waals surface area contributed by atoms with Crippen molar-refractivity contribution in [2.45, 2.75) is 27.2 Å². The van der Waals surface area contributed by atoms with Crippen molar-refractivity contribution in [2.75, 3.05) is 5.32 Å². The summed E-state index contributed by atoms with van der Waals surface area (Å²) in [7, 11) is 0. The predicted octanol–water partition coefficient (Wildman–Crippen LogP) is 2.52. The number of nitrogens with one attached hydrogen (secondary N) is 1. The van der Waals surface area contributed by atoms with Crippen molar-refractivity contribution in [3.63, 3.8) is 0 Å². The summed E-state index contributed by atoms with van der Waals surface area (Å²) < 4.78 is 0. The lowest BCUT2D eigenvalue weighted by Crippen LogP contribution is -2.19. The Labute approximate surface area is 82.2 Å². The Kier molecular flexibility index (Phi) is 3.03. The van der Waals surface area contributed by atoms with Crippen LogP contribution < -0.4 is 5.32 Å². The largest absolute Gasteiger partial charge is 0.316 e. The van der Waals surface area contributed by atoms with Crippen molar-refractivity contribution < 1.29 is 4.79 Å². The lowest BCUT2D eigenvalue weighted by atomic mass is 9.92. The summed E-state index contributed by atoms with van der Waals surface area (Å²) >= 11 is 1.43. The number of amides is 1. The van der Waals surface area contributed by atoms with E-state index in [2.05, 4.69) is 10.3 Å². The van der Waals surface area contributed by atoms with Gasteiger partial charge in [-0.25, -0.2) is 0 Å². The van der Waals surface area contributed by atoms with Gasteiger partial charge in [-0.05, 0) is 5.41 Å². The number of carbonyl (C=O) groups excluding carboxylic acids is 1. The maximum absolute atomic E-state index is 11.4. The SMILES string of the molecule is CC(C)(C)CC(=O)Nc1cncs1. The normalized spacial score (nSPS) is 11.3. The molecule has 0 unspecified atom stereocenters. The van der Waals surface area contributed by atoms with Crippen molar-refractivity contribution >= 4 is 22.2 Å². The molecule has 0 saturated carbocycles. The molecule has 0 fully saturated rings. The number of thiazole rings is 1. The van der Waals surface area contributed by atoms with Crippen LogP contribution in [-0.4, -0.2) is 10.9 Å². The van der Waals surface area contributed by atoms with Crippen LogP contribution in [-0.2, 0) is 4.79 Å². The maximum Gasteiger partial charge on any atom is 0.225 e. The molecule has 0 aromatic carbocycles. The molecule has 1 aromatic rings. The highest BCUT2D eigenvalue weighted by Gasteiger charge is 2.15. The molecule has 1 N–H and O–H groups in total. The van der Waals surface area contributed by atoms with Gasteiger partial charge in [0, 0.05) is 6.42 Å². The lowest BCUT2D eigenvalue weighted by Gasteiger charge is -2.16. The minimum atomic E-state index is 0.0365. The Morgan fingerprint density at radius 2 is 2.31 bits per heavy atom. The standard InChI is InChI=1S/C9H14N2OS/c1-9(2,3)4-7(12)11-8-5-10-6-13-8/h5-6H,4H2,1-3H3,(H,11,12). The van der Waals surface area contributed by atoms with E-state index in [0.29, 0.717) is 6.42 Å². The number of nitrogens with zero attached hydrogens (tertiary/aromatic N) is 1. The highest BCUT2D eigenvalue weighted by atomic mass is 32.1. The Balaban J connectivity index is 2.43. The van der Waals surface area contributed by atoms with E-state index >= 15 is 0 Å². The highest BCUT2D eigenvalue weighted by molar-refractivity contribution is 7.13. The van der Waals surface area contributed by atoms with Gasteiger partial charge in [0.2, 0.25) is 5.91 Å². The van der Waals surface area contributed by atoms with E-state index in [1.165, 1.54) is 11.3 Å². The summed E-state index contributed by atoms with van der Waals surface area (Å²) in [6.45, 7) is 6.12. The summed E-state index contributed by atoms with van der Waals surface area (Å²) in [5, 5.41) is 3.61. The smallest absolute Gasteiger partial charge is 0.225 e. The second-order valence-electron chi connectivity index (χ2n) is 4.15. The number of anilines is 1. The number of rotatable bonds is 2. The van der Waals surface area contributed by atoms with E-state index in [-0.39, 0.29) is 11.3 Å². The zero-order valence-corrected chi connectivity index (χ0v) is 8.94. The van der Waals surface area contributed by atoms with Gasteiger partial charge in [0.05, 0.1) is 11.7 Å². The van der Waals surface area contributed by atoms with Crippen LogP contribution in [0.4, 0.5) is 5.00 Å². The van der Waals surface area contributed by atoms with Crippen molar-refractivity contribution in [2.24, 2.45) is 5.41 Å². The van der Waals surface area contributed by atoms with Crippen LogP contribution in [0.2, 0.25) is 0 Å². The molecule has 0 atom stereocenters. The fraction of sp³-hybridized carbons (Fsp3) is 0.556. The topological polar surface area (TPSA) is 42.0 Å². The average molecular weight is 198 g/mol. The van der Waals surface area contributed by atoms with Gasteiger partial charge in [-0.1, -0.05) is 20.8 Å². The molecule has 1 rings (SSSR count). The first-order chi connectivity index (χ1) is 5.97. The van der Waals surface area contributed by atoms with Crippen LogP contribution in [0, 0.1) is 5.41 Å². The summed E-state index contributed by atoms with van der Waals surface area (Å²) in [5.74, 6) is 0.0525. The van der Waals surface area contributed by atoms with Gasteiger partial charge < -0.3 is 5.32 Å². The second-order valence-corrected chi connectivity index (χ2v) is 5.04. The average Bonchev–Trinajstić information content (AvgIpc) is 2.34. The van der Waals surface area contributed by atoms with E-state index in [9.17, 15) is 4.79 Å². The molecule has 1 heterocycles. The van der Waals surface area contributed by atoms with Gasteiger partial charge in [-0.15, -0.1) is 11.3 Å². The Morgan fingerprint density at radius 1 is 1.62 bits per heavy atom. The first kappa shape index (κ1) is 10.2. The zero-order valence-electron chi connectivity index (χ0n) is 8.13. The molecule has 72 valence electrons. The third kappa shape index (κ3) is 4.03. The van der Waals surface area contributed by atoms with Gasteiger partial charge in [0.15, 0.2) is 0 Å². The van der Waals surface area contributed by atoms with E-state index in [0.717, 1.165) is 5.00 Å². The van der Waals surface area contributed by atoms with Crippen molar-refractivity contribution in [1.82, 2.24) is 4.98 Å². The van der Waals surface area contributed by atoms with E-state index in [4.69, 9.17) is 0 Å². The fourth-order valence-electron chi connectivity index (χ4n) is 0.941. The van der Waals surface area contributed by atoms with Crippen LogP contribution in [0.15, 0.2) is 11.7 Å². The van der Waals surface area contributed by atoms with Gasteiger partial charge >= 0.3 is 0 Å². The molecule has 1 amide bonds. The van der Waals surface area contributed by atoms with Crippen molar-refractivity contribution in [3.8, 4) is 0 Å². The van der Waals surface area contributed by atoms with Gasteiger partial charge in [0.1, 0.15) is 5.00 Å². The molecule has 0 aliphatic rings. The second kappa shape index (κ2) is 3.87. The van der Waals surface area contributed by atoms with E-state index in [1.807, 2.05) is 20.8 Å². The molecule has 13 heavy (non-hydrogen) atoms. The monoisotopic (exact) mass is 198 g/mol. The molecule has 0 aliphatic heterocycles. The third-order valence-electron chi connectivity index (χ3n) is 1.39. The minimum Gasteiger partial charge on any atom is -0.316 e. The number of carbonyl (C=O) groups is 1. The Hall–Kier alpha value is -0.900. The molecule has 0 bridgehead atoms. The van der Waals surface area contributed by atoms with Gasteiger partial charge in [-0.3, -0.25) is 9.78 Å². The molecule has 3 nitrogen and oxygen atoms in total. The van der Waals surface area contributed by atoms with Crippen LogP contribution in [0.3, 0.4) is 0 Å². The molecule has 4 heteroatoms. The molecular formula is C9H14N2OS. The van der Waals surface area contributed by atoms with Crippen molar-refractivity contribution in [1.29, 1.82) is 0 Å². The molecule has 0 radical (unpaired) electrons. The fourth-order valence-corrected chi connectivity index (χ4v) is 1.47. The number of aromatic nitrogens is 1. The van der Waals surface area contributed by atoms with E-state index < -0.39 is 0 Å². The van der Waals surface area contributed by atoms with Crippen LogP contribution in [0.1, 0.15) is 27.2 Å². The van der Waals surface area contributed by atoms with Gasteiger partial charge in [-0.2, -0.15) is 0 Å². The molecule has 0 saturated heterocycles. The Morgan fingerprint density at radius 3 is 2.77 bits per heavy atom. The minimum absolute atomic E-state index is 0.0365. The molecular weight excluding hydrogens is 184 g/mol. The summed E-state index contributed by atoms with van der Waals surface area (Å²) in [5.41, 5.74) is 1.74. The van der Waals surface area contributed by atoms with Crippen LogP contribution in [0.25, 0.3) is 0 Å². The maximum atomic E-state index is 11.4. The third-order valence-corrected chi connectivity index (χ3v) is 2.07. The van der Waals surface area contributed by atoms with Gasteiger partial charge in [0.25, 0.3) is 0 Å². The first-order valence-electron chi connectivity index (χ1n) is 4.16. The van der Waals surface area contributed by atoms with Crippen LogP contribution in [0.5, 0.6) is 0 Å². The summed E-state index contributed by atoms with van der Waals surface area (Å²) in [4.78, 5) is 15.3. The lowest BCUT2D eigenvalue weighted by molar-refractivity contribution is -0.117. The molecule has 0 spiro atoms. The summed E-state index contributed by atoms with van der Waals surface area (Å²) in [6.07, 6.45) is 2.19. The zero-order chi connectivity index (χ0) is 9.90. The van der Waals surface area contributed by atoms with Crippen molar-refractivity contribution in [3.05, 3.63) is 11.7 Å². The number of hydrogen-bond acceptors (Lipinski definition) is 3. The first-order valence-corrected chi connectivity index (χ1v) is 5.04. The molecule has 1 aromatic heterocycles. The highest BCUT2D eigenvalue weighted by Crippen LogP contribution is 2.20. The summed E-state index contributed by atoms with van der Waals surface area (Å²) in [6, 6.07) is 0. The quantitative estimate of drug-likeness (QED) is 0.793. The van der Waals surface area contributed by atoms with E-state index in [1.54, 1.807) is 11.7 Å². The number of hydrogen-bond donors (Lipinski definition) is 1.